The maximum Gasteiger partial charge on any atom is 0.110 e. The average Bonchev–Trinajstić information content (AvgIpc) is 1.89. The van der Waals surface area contributed by atoms with Crippen molar-refractivity contribution in [1.82, 2.24) is 0 Å². The Labute approximate surface area is 66.8 Å². The van der Waals surface area contributed by atoms with Gasteiger partial charge in [0.2, 0.25) is 0 Å². The molecule has 2 N–H and O–H groups in total. The highest BCUT2D eigenvalue weighted by molar-refractivity contribution is 7.99. The van der Waals surface area contributed by atoms with Gasteiger partial charge < -0.3 is 5.73 Å². The van der Waals surface area contributed by atoms with E-state index in [1.807, 2.05) is 0 Å². The summed E-state index contributed by atoms with van der Waals surface area (Å²) in [5.41, 5.74) is 4.94. The van der Waals surface area contributed by atoms with E-state index in [2.05, 4.69) is 13.0 Å². The monoisotopic (exact) mass is 158 g/mol. The van der Waals surface area contributed by atoms with Crippen molar-refractivity contribution in [1.29, 1.82) is 5.26 Å². The van der Waals surface area contributed by atoms with E-state index in [-0.39, 0.29) is 0 Å². The lowest BCUT2D eigenvalue weighted by molar-refractivity contribution is 0.682. The number of nitriles is 1. The molecule has 0 saturated heterocycles. The van der Waals surface area contributed by atoms with Crippen LogP contribution in [0.3, 0.4) is 0 Å². The molecule has 0 radical (unpaired) electrons. The topological polar surface area (TPSA) is 49.8 Å². The zero-order valence-corrected chi connectivity index (χ0v) is 7.37. The molecule has 10 heavy (non-hydrogen) atoms. The SMILES string of the molecule is CCCSCC(C)(N)C#N. The first-order valence-corrected chi connectivity index (χ1v) is 4.55. The number of nitrogens with two attached hydrogens (primary N) is 1. The number of hydrogen-bond acceptors (Lipinski definition) is 3. The Bertz CT molecular complexity index is 126. The Hall–Kier alpha value is -0.200. The summed E-state index contributed by atoms with van der Waals surface area (Å²) in [6.07, 6.45) is 1.15. The Morgan fingerprint density at radius 1 is 1.70 bits per heavy atom. The number of hydrogen-bond donors (Lipinski definition) is 1. The number of thioether (sulfide) groups is 1. The Balaban J connectivity index is 3.40. The van der Waals surface area contributed by atoms with Gasteiger partial charge in [0.15, 0.2) is 0 Å². The van der Waals surface area contributed by atoms with Crippen LogP contribution in [0.4, 0.5) is 0 Å². The van der Waals surface area contributed by atoms with Gasteiger partial charge in [0.25, 0.3) is 0 Å². The van der Waals surface area contributed by atoms with Crippen molar-refractivity contribution in [2.24, 2.45) is 5.73 Å². The summed E-state index contributed by atoms with van der Waals surface area (Å²) in [4.78, 5) is 0. The molecule has 2 nitrogen and oxygen atoms in total. The second-order valence-corrected chi connectivity index (χ2v) is 3.69. The Kier molecular flexibility index (Phi) is 4.50. The molecular weight excluding hydrogens is 144 g/mol. The highest BCUT2D eigenvalue weighted by Gasteiger charge is 2.15. The summed E-state index contributed by atoms with van der Waals surface area (Å²) >= 11 is 1.74. The van der Waals surface area contributed by atoms with Crippen LogP contribution in [0.2, 0.25) is 0 Å². The maximum atomic E-state index is 8.51. The largest absolute Gasteiger partial charge is 0.313 e. The molecule has 0 rings (SSSR count). The van der Waals surface area contributed by atoms with E-state index in [4.69, 9.17) is 11.0 Å². The first-order valence-electron chi connectivity index (χ1n) is 3.40. The van der Waals surface area contributed by atoms with Gasteiger partial charge in [-0.05, 0) is 19.1 Å². The van der Waals surface area contributed by atoms with Crippen molar-refractivity contribution < 1.29 is 0 Å². The summed E-state index contributed by atoms with van der Waals surface area (Å²) in [5.74, 6) is 1.83. The summed E-state index contributed by atoms with van der Waals surface area (Å²) in [6, 6.07) is 2.06. The molecule has 0 fully saturated rings. The molecule has 0 spiro atoms. The zero-order chi connectivity index (χ0) is 8.04. The predicted octanol–water partition coefficient (Wildman–Crippen LogP) is 1.37. The van der Waals surface area contributed by atoms with Crippen molar-refractivity contribution >= 4 is 11.8 Å². The third kappa shape index (κ3) is 4.66. The molecule has 3 heteroatoms. The van der Waals surface area contributed by atoms with Crippen LogP contribution in [0.15, 0.2) is 0 Å². The minimum atomic E-state index is -0.639. The van der Waals surface area contributed by atoms with Crippen LogP contribution >= 0.6 is 11.8 Å². The van der Waals surface area contributed by atoms with Crippen molar-refractivity contribution in [2.75, 3.05) is 11.5 Å². The molecule has 0 aliphatic rings. The van der Waals surface area contributed by atoms with Crippen LogP contribution in [-0.4, -0.2) is 17.0 Å². The second kappa shape index (κ2) is 4.59. The molecule has 0 amide bonds. The van der Waals surface area contributed by atoms with Gasteiger partial charge in [-0.25, -0.2) is 0 Å². The standard InChI is InChI=1S/C7H14N2S/c1-3-4-10-6-7(2,9)5-8/h3-4,6,9H2,1-2H3. The molecule has 1 atom stereocenters. The fourth-order valence-corrected chi connectivity index (χ4v) is 1.38. The lowest BCUT2D eigenvalue weighted by Gasteiger charge is -2.13. The molecule has 0 aliphatic carbocycles. The fourth-order valence-electron chi connectivity index (χ4n) is 0.461. The lowest BCUT2D eigenvalue weighted by atomic mass is 10.1. The molecule has 0 heterocycles. The predicted molar refractivity (Wildman–Crippen MR) is 45.8 cm³/mol. The smallest absolute Gasteiger partial charge is 0.110 e. The van der Waals surface area contributed by atoms with E-state index in [0.717, 1.165) is 17.9 Å². The third-order valence-corrected chi connectivity index (χ3v) is 2.51. The van der Waals surface area contributed by atoms with E-state index in [1.165, 1.54) is 0 Å². The number of rotatable bonds is 4. The molecule has 0 aromatic carbocycles. The summed E-state index contributed by atoms with van der Waals surface area (Å²) in [6.45, 7) is 3.88. The molecule has 0 aliphatic heterocycles. The summed E-state index contributed by atoms with van der Waals surface area (Å²) < 4.78 is 0. The lowest BCUT2D eigenvalue weighted by Crippen LogP contribution is -2.36. The van der Waals surface area contributed by atoms with Crippen LogP contribution in [-0.2, 0) is 0 Å². The van der Waals surface area contributed by atoms with Gasteiger partial charge in [-0.1, -0.05) is 6.92 Å². The Morgan fingerprint density at radius 2 is 2.30 bits per heavy atom. The van der Waals surface area contributed by atoms with Crippen LogP contribution in [0.5, 0.6) is 0 Å². The zero-order valence-electron chi connectivity index (χ0n) is 6.55. The molecule has 0 saturated carbocycles. The van der Waals surface area contributed by atoms with Gasteiger partial charge in [-0.15, -0.1) is 0 Å². The van der Waals surface area contributed by atoms with Crippen molar-refractivity contribution in [3.05, 3.63) is 0 Å². The van der Waals surface area contributed by atoms with Gasteiger partial charge in [0, 0.05) is 5.75 Å². The van der Waals surface area contributed by atoms with E-state index in [1.54, 1.807) is 18.7 Å². The van der Waals surface area contributed by atoms with Crippen molar-refractivity contribution in [2.45, 2.75) is 25.8 Å². The van der Waals surface area contributed by atoms with Crippen LogP contribution in [0.1, 0.15) is 20.3 Å². The van der Waals surface area contributed by atoms with Gasteiger partial charge in [-0.3, -0.25) is 0 Å². The minimum absolute atomic E-state index is 0.639. The van der Waals surface area contributed by atoms with E-state index in [0.29, 0.717) is 0 Å². The third-order valence-electron chi connectivity index (χ3n) is 1.01. The normalized spacial score (nSPS) is 15.8. The fraction of sp³-hybridized carbons (Fsp3) is 0.857. The quantitative estimate of drug-likeness (QED) is 0.629. The van der Waals surface area contributed by atoms with Crippen molar-refractivity contribution in [3.63, 3.8) is 0 Å². The van der Waals surface area contributed by atoms with E-state index in [9.17, 15) is 0 Å². The highest BCUT2D eigenvalue weighted by Crippen LogP contribution is 2.09. The van der Waals surface area contributed by atoms with Gasteiger partial charge in [0.05, 0.1) is 6.07 Å². The summed E-state index contributed by atoms with van der Waals surface area (Å²) in [7, 11) is 0. The molecule has 1 unspecified atom stereocenters. The van der Waals surface area contributed by atoms with E-state index < -0.39 is 5.54 Å². The minimum Gasteiger partial charge on any atom is -0.313 e. The van der Waals surface area contributed by atoms with Gasteiger partial charge in [-0.2, -0.15) is 17.0 Å². The summed E-state index contributed by atoms with van der Waals surface area (Å²) in [5, 5.41) is 8.51. The highest BCUT2D eigenvalue weighted by atomic mass is 32.2. The number of nitrogens with zero attached hydrogens (tertiary/aromatic N) is 1. The Morgan fingerprint density at radius 3 is 2.70 bits per heavy atom. The van der Waals surface area contributed by atoms with Crippen LogP contribution in [0.25, 0.3) is 0 Å². The van der Waals surface area contributed by atoms with E-state index >= 15 is 0 Å². The second-order valence-electron chi connectivity index (χ2n) is 2.58. The molecule has 0 aromatic rings. The first-order chi connectivity index (χ1) is 4.62. The average molecular weight is 158 g/mol. The van der Waals surface area contributed by atoms with Crippen LogP contribution in [0, 0.1) is 11.3 Å². The molecule has 58 valence electrons. The first kappa shape index (κ1) is 9.80. The van der Waals surface area contributed by atoms with Gasteiger partial charge >= 0.3 is 0 Å². The van der Waals surface area contributed by atoms with Crippen LogP contribution < -0.4 is 5.73 Å². The molecule has 0 bridgehead atoms. The molecular formula is C7H14N2S. The van der Waals surface area contributed by atoms with Gasteiger partial charge in [0.1, 0.15) is 5.54 Å². The molecule has 0 aromatic heterocycles. The van der Waals surface area contributed by atoms with Crippen molar-refractivity contribution in [3.8, 4) is 6.07 Å². The maximum absolute atomic E-state index is 8.51.